The zero-order valence-corrected chi connectivity index (χ0v) is 16.3. The molecule has 0 saturated heterocycles. The van der Waals surface area contributed by atoms with Gasteiger partial charge in [0.05, 0.1) is 11.1 Å². The van der Waals surface area contributed by atoms with Gasteiger partial charge in [0.2, 0.25) is 5.91 Å². The molecule has 25 heavy (non-hydrogen) atoms. The van der Waals surface area contributed by atoms with Crippen molar-refractivity contribution in [3.05, 3.63) is 32.9 Å². The second kappa shape index (κ2) is 7.11. The lowest BCUT2D eigenvalue weighted by atomic mass is 10.1. The fourth-order valence-corrected chi connectivity index (χ4v) is 3.32. The Bertz CT molecular complexity index is 754. The maximum atomic E-state index is 12.6. The molecule has 1 heterocycles. The van der Waals surface area contributed by atoms with Crippen LogP contribution in [0.25, 0.3) is 0 Å². The minimum Gasteiger partial charge on any atom is -0.460 e. The number of halogens is 1. The van der Waals surface area contributed by atoms with Crippen molar-refractivity contribution in [2.24, 2.45) is 5.73 Å². The van der Waals surface area contributed by atoms with Crippen molar-refractivity contribution in [2.45, 2.75) is 45.3 Å². The maximum Gasteiger partial charge on any atom is 0.306 e. The van der Waals surface area contributed by atoms with Gasteiger partial charge in [-0.3, -0.25) is 24.1 Å². The van der Waals surface area contributed by atoms with Gasteiger partial charge in [-0.15, -0.1) is 0 Å². The van der Waals surface area contributed by atoms with Gasteiger partial charge < -0.3 is 10.5 Å². The lowest BCUT2D eigenvalue weighted by Gasteiger charge is -2.24. The number of ether oxygens (including phenoxy) is 1. The van der Waals surface area contributed by atoms with E-state index in [2.05, 4.69) is 0 Å². The highest BCUT2D eigenvalue weighted by Gasteiger charge is 2.43. The lowest BCUT2D eigenvalue weighted by molar-refractivity contribution is -0.155. The third-order valence-corrected chi connectivity index (χ3v) is 4.48. The van der Waals surface area contributed by atoms with Gasteiger partial charge >= 0.3 is 5.97 Å². The van der Waals surface area contributed by atoms with Crippen molar-refractivity contribution in [3.63, 3.8) is 0 Å². The first kappa shape index (κ1) is 19.4. The van der Waals surface area contributed by atoms with E-state index in [0.29, 0.717) is 3.57 Å². The predicted molar refractivity (Wildman–Crippen MR) is 97.7 cm³/mol. The number of fused-ring (bicyclic) bond motifs is 1. The fraction of sp³-hybridized carbons (Fsp3) is 0.412. The highest BCUT2D eigenvalue weighted by Crippen LogP contribution is 2.29. The van der Waals surface area contributed by atoms with Gasteiger partial charge in [-0.1, -0.05) is 6.07 Å². The molecule has 3 amide bonds. The van der Waals surface area contributed by atoms with E-state index in [4.69, 9.17) is 10.5 Å². The summed E-state index contributed by atoms with van der Waals surface area (Å²) in [6, 6.07) is 3.70. The summed E-state index contributed by atoms with van der Waals surface area (Å²) in [7, 11) is 0. The van der Waals surface area contributed by atoms with E-state index in [1.54, 1.807) is 32.9 Å². The van der Waals surface area contributed by atoms with Crippen LogP contribution in [-0.4, -0.2) is 40.2 Å². The fourth-order valence-electron chi connectivity index (χ4n) is 2.59. The van der Waals surface area contributed by atoms with Crippen molar-refractivity contribution in [2.75, 3.05) is 0 Å². The Morgan fingerprint density at radius 2 is 1.88 bits per heavy atom. The summed E-state index contributed by atoms with van der Waals surface area (Å²) in [4.78, 5) is 49.7. The molecule has 0 saturated carbocycles. The van der Waals surface area contributed by atoms with Crippen LogP contribution in [0.3, 0.4) is 0 Å². The van der Waals surface area contributed by atoms with E-state index in [1.807, 2.05) is 22.6 Å². The van der Waals surface area contributed by atoms with Gasteiger partial charge in [0.25, 0.3) is 11.8 Å². The number of nitrogens with two attached hydrogens (primary N) is 1. The maximum absolute atomic E-state index is 12.6. The van der Waals surface area contributed by atoms with Crippen molar-refractivity contribution >= 4 is 46.3 Å². The number of hydrogen-bond donors (Lipinski definition) is 1. The molecule has 2 rings (SSSR count). The molecule has 0 fully saturated rings. The Morgan fingerprint density at radius 3 is 2.40 bits per heavy atom. The summed E-state index contributed by atoms with van der Waals surface area (Å²) in [6.45, 7) is 5.17. The van der Waals surface area contributed by atoms with Gasteiger partial charge in [0, 0.05) is 9.99 Å². The number of esters is 1. The molecule has 8 heteroatoms. The van der Waals surface area contributed by atoms with E-state index in [9.17, 15) is 19.2 Å². The molecule has 0 spiro atoms. The minimum atomic E-state index is -1.20. The number of rotatable bonds is 5. The van der Waals surface area contributed by atoms with E-state index in [1.165, 1.54) is 6.07 Å². The molecule has 7 nitrogen and oxygen atoms in total. The van der Waals surface area contributed by atoms with Crippen molar-refractivity contribution in [1.29, 1.82) is 0 Å². The zero-order chi connectivity index (χ0) is 18.9. The Morgan fingerprint density at radius 1 is 1.24 bits per heavy atom. The Hall–Kier alpha value is -1.97. The third-order valence-electron chi connectivity index (χ3n) is 3.58. The molecule has 0 bridgehead atoms. The summed E-state index contributed by atoms with van der Waals surface area (Å²) < 4.78 is 5.80. The quantitative estimate of drug-likeness (QED) is 0.412. The smallest absolute Gasteiger partial charge is 0.306 e. The molecule has 1 aliphatic rings. The summed E-state index contributed by atoms with van der Waals surface area (Å²) in [6.07, 6.45) is -0.207. The molecule has 1 atom stereocenters. The molecular weight excluding hydrogens is 439 g/mol. The number of benzene rings is 1. The molecule has 1 aliphatic heterocycles. The third kappa shape index (κ3) is 4.17. The van der Waals surface area contributed by atoms with E-state index >= 15 is 0 Å². The Labute approximate surface area is 159 Å². The molecule has 0 unspecified atom stereocenters. The zero-order valence-electron chi connectivity index (χ0n) is 14.2. The highest BCUT2D eigenvalue weighted by atomic mass is 127. The summed E-state index contributed by atoms with van der Waals surface area (Å²) in [5.41, 5.74) is 5.22. The Balaban J connectivity index is 2.21. The van der Waals surface area contributed by atoms with E-state index in [-0.39, 0.29) is 24.0 Å². The Kier molecular flexibility index (Phi) is 5.50. The number of amides is 3. The topological polar surface area (TPSA) is 107 Å². The van der Waals surface area contributed by atoms with Crippen molar-refractivity contribution in [1.82, 2.24) is 4.90 Å². The monoisotopic (exact) mass is 458 g/mol. The van der Waals surface area contributed by atoms with Crippen molar-refractivity contribution in [3.8, 4) is 0 Å². The van der Waals surface area contributed by atoms with Gasteiger partial charge in [0.1, 0.15) is 11.6 Å². The van der Waals surface area contributed by atoms with E-state index in [0.717, 1.165) is 4.90 Å². The molecule has 1 aromatic rings. The van der Waals surface area contributed by atoms with Crippen LogP contribution in [0.2, 0.25) is 0 Å². The second-order valence-corrected chi connectivity index (χ2v) is 7.85. The molecule has 0 radical (unpaired) electrons. The van der Waals surface area contributed by atoms with Gasteiger partial charge in [-0.2, -0.15) is 0 Å². The number of imide groups is 1. The SMILES string of the molecule is CC(C)(C)OC(=O)CC[C@@H](C(N)=O)N1C(=O)c2cccc(I)c2C1=O. The second-order valence-electron chi connectivity index (χ2n) is 6.69. The highest BCUT2D eigenvalue weighted by molar-refractivity contribution is 14.1. The normalized spacial score (nSPS) is 15.1. The van der Waals surface area contributed by atoms with Crippen LogP contribution >= 0.6 is 22.6 Å². The molecule has 0 aliphatic carbocycles. The van der Waals surface area contributed by atoms with Crippen LogP contribution in [0.15, 0.2) is 18.2 Å². The van der Waals surface area contributed by atoms with Crippen molar-refractivity contribution < 1.29 is 23.9 Å². The number of primary amides is 1. The average Bonchev–Trinajstić information content (AvgIpc) is 2.71. The minimum absolute atomic E-state index is 0.0771. The van der Waals surface area contributed by atoms with Crippen LogP contribution in [0, 0.1) is 3.57 Å². The summed E-state index contributed by atoms with van der Waals surface area (Å²) in [5, 5.41) is 0. The van der Waals surface area contributed by atoms with Gasteiger partial charge in [-0.05, 0) is 61.9 Å². The van der Waals surface area contributed by atoms with E-state index < -0.39 is 35.3 Å². The van der Waals surface area contributed by atoms with Gasteiger partial charge in [-0.25, -0.2) is 0 Å². The predicted octanol–water partition coefficient (Wildman–Crippen LogP) is 1.86. The van der Waals surface area contributed by atoms with Crippen LogP contribution in [0.5, 0.6) is 0 Å². The van der Waals surface area contributed by atoms with Crippen LogP contribution in [0.4, 0.5) is 0 Å². The summed E-state index contributed by atoms with van der Waals surface area (Å²) in [5.74, 6) is -2.51. The standard InChI is InChI=1S/C17H19IN2O5/c1-17(2,3)25-12(21)8-7-11(14(19)22)20-15(23)9-5-4-6-10(18)13(9)16(20)24/h4-6,11H,7-8H2,1-3H3,(H2,19,22)/t11-/m0/s1. The largest absolute Gasteiger partial charge is 0.460 e. The van der Waals surface area contributed by atoms with Crippen LogP contribution < -0.4 is 5.73 Å². The number of carbonyl (C=O) groups excluding carboxylic acids is 4. The lowest BCUT2D eigenvalue weighted by Crippen LogP contribution is -2.48. The number of nitrogens with zero attached hydrogens (tertiary/aromatic N) is 1. The first-order chi connectivity index (χ1) is 11.5. The first-order valence-electron chi connectivity index (χ1n) is 7.70. The average molecular weight is 458 g/mol. The molecule has 0 aromatic heterocycles. The van der Waals surface area contributed by atoms with Crippen LogP contribution in [-0.2, 0) is 14.3 Å². The summed E-state index contributed by atoms with van der Waals surface area (Å²) >= 11 is 1.96. The molecule has 134 valence electrons. The number of carbonyl (C=O) groups is 4. The van der Waals surface area contributed by atoms with Gasteiger partial charge in [0.15, 0.2) is 0 Å². The number of hydrogen-bond acceptors (Lipinski definition) is 5. The first-order valence-corrected chi connectivity index (χ1v) is 8.78. The molecular formula is C17H19IN2O5. The molecule has 2 N–H and O–H groups in total. The molecule has 1 aromatic carbocycles. The van der Waals surface area contributed by atoms with Crippen LogP contribution in [0.1, 0.15) is 54.3 Å².